The fraction of sp³-hybridized carbons (Fsp3) is 0.833. The Balaban J connectivity index is 2.01. The smallest absolute Gasteiger partial charge is 0.509 e. The molecular weight excluding hydrogens is 247 g/mol. The maximum Gasteiger partial charge on any atom is 0.527 e. The molecule has 2 unspecified atom stereocenters. The van der Waals surface area contributed by atoms with E-state index in [9.17, 15) is 9.59 Å². The number of carbonyl (C=O) groups is 2. The minimum absolute atomic E-state index is 0.00391. The first kappa shape index (κ1) is 14.3. The summed E-state index contributed by atoms with van der Waals surface area (Å²) < 4.78 is 10.8. The van der Waals surface area contributed by atoms with Gasteiger partial charge in [-0.3, -0.25) is 9.59 Å². The molecule has 2 aliphatic rings. The Morgan fingerprint density at radius 2 is 2.37 bits per heavy atom. The molecule has 2 N–H and O–H groups in total. The molecule has 0 radical (unpaired) electrons. The van der Waals surface area contributed by atoms with Crippen LogP contribution >= 0.6 is 0 Å². The monoisotopic (exact) mass is 268 g/mol. The standard InChI is InChI=1S/C12H21BN2O4/c1-2-18-13-5-3-4-9-7-15(11(16)6-14)8-10(9)12(17)19-13/h9-10H,2-8,14H2,1H3. The van der Waals surface area contributed by atoms with Gasteiger partial charge < -0.3 is 19.9 Å². The van der Waals surface area contributed by atoms with E-state index in [1.165, 1.54) is 0 Å². The van der Waals surface area contributed by atoms with Gasteiger partial charge in [0.05, 0.1) is 12.5 Å². The maximum absolute atomic E-state index is 12.1. The minimum atomic E-state index is -0.433. The van der Waals surface area contributed by atoms with Crippen LogP contribution in [0.15, 0.2) is 0 Å². The zero-order chi connectivity index (χ0) is 13.8. The second kappa shape index (κ2) is 6.39. The number of carbonyl (C=O) groups excluding carboxylic acids is 2. The SMILES string of the molecule is CCOB1CCCC2CN(C(=O)CN)CC2C(=O)O1. The van der Waals surface area contributed by atoms with Crippen molar-refractivity contribution in [3.63, 3.8) is 0 Å². The lowest BCUT2D eigenvalue weighted by atomic mass is 9.77. The molecule has 2 atom stereocenters. The van der Waals surface area contributed by atoms with Crippen molar-refractivity contribution in [1.29, 1.82) is 0 Å². The molecule has 7 heteroatoms. The Morgan fingerprint density at radius 3 is 3.05 bits per heavy atom. The largest absolute Gasteiger partial charge is 0.527 e. The molecule has 19 heavy (non-hydrogen) atoms. The van der Waals surface area contributed by atoms with E-state index in [2.05, 4.69) is 0 Å². The van der Waals surface area contributed by atoms with Crippen molar-refractivity contribution in [3.8, 4) is 0 Å². The Morgan fingerprint density at radius 1 is 1.58 bits per heavy atom. The fourth-order valence-corrected chi connectivity index (χ4v) is 2.89. The van der Waals surface area contributed by atoms with E-state index in [0.717, 1.165) is 19.2 Å². The molecule has 0 aromatic rings. The topological polar surface area (TPSA) is 81.9 Å². The van der Waals surface area contributed by atoms with Crippen LogP contribution in [0.1, 0.15) is 19.8 Å². The van der Waals surface area contributed by atoms with E-state index in [-0.39, 0.29) is 30.3 Å². The van der Waals surface area contributed by atoms with E-state index in [0.29, 0.717) is 19.7 Å². The van der Waals surface area contributed by atoms with E-state index in [1.54, 1.807) is 4.90 Å². The summed E-state index contributed by atoms with van der Waals surface area (Å²) in [6.45, 7) is 3.46. The van der Waals surface area contributed by atoms with Crippen molar-refractivity contribution >= 4 is 19.0 Å². The lowest BCUT2D eigenvalue weighted by molar-refractivity contribution is -0.142. The molecule has 2 aliphatic heterocycles. The minimum Gasteiger partial charge on any atom is -0.509 e. The van der Waals surface area contributed by atoms with Crippen LogP contribution in [0, 0.1) is 11.8 Å². The highest BCUT2D eigenvalue weighted by Crippen LogP contribution is 2.31. The summed E-state index contributed by atoms with van der Waals surface area (Å²) in [5, 5.41) is 0. The van der Waals surface area contributed by atoms with E-state index >= 15 is 0 Å². The van der Waals surface area contributed by atoms with Crippen LogP contribution in [0.3, 0.4) is 0 Å². The lowest BCUT2D eigenvalue weighted by Gasteiger charge is -2.23. The van der Waals surface area contributed by atoms with Crippen molar-refractivity contribution in [3.05, 3.63) is 0 Å². The molecule has 6 nitrogen and oxygen atoms in total. The molecule has 0 saturated carbocycles. The summed E-state index contributed by atoms with van der Waals surface area (Å²) in [4.78, 5) is 25.4. The summed E-state index contributed by atoms with van der Waals surface area (Å²) in [7, 11) is -0.433. The van der Waals surface area contributed by atoms with Crippen molar-refractivity contribution in [2.24, 2.45) is 17.6 Å². The normalized spacial score (nSPS) is 27.6. The highest BCUT2D eigenvalue weighted by atomic mass is 16.6. The Bertz CT molecular complexity index is 353. The highest BCUT2D eigenvalue weighted by Gasteiger charge is 2.42. The van der Waals surface area contributed by atoms with Gasteiger partial charge in [-0.05, 0) is 25.6 Å². The van der Waals surface area contributed by atoms with Crippen molar-refractivity contribution in [1.82, 2.24) is 4.90 Å². The van der Waals surface area contributed by atoms with E-state index in [4.69, 9.17) is 15.0 Å². The van der Waals surface area contributed by atoms with Crippen LogP contribution in [-0.4, -0.2) is 50.1 Å². The predicted octanol–water partition coefficient (Wildman–Crippen LogP) is -0.119. The molecule has 0 aromatic heterocycles. The van der Waals surface area contributed by atoms with Crippen LogP contribution in [0.25, 0.3) is 0 Å². The quantitative estimate of drug-likeness (QED) is 0.722. The molecule has 2 heterocycles. The van der Waals surface area contributed by atoms with Crippen molar-refractivity contribution < 1.29 is 18.9 Å². The Labute approximate surface area is 113 Å². The van der Waals surface area contributed by atoms with Gasteiger partial charge in [-0.2, -0.15) is 0 Å². The van der Waals surface area contributed by atoms with Gasteiger partial charge in [-0.25, -0.2) is 0 Å². The average Bonchev–Trinajstić information content (AvgIpc) is 2.80. The number of rotatable bonds is 3. The summed E-state index contributed by atoms with van der Waals surface area (Å²) in [6, 6.07) is 0. The van der Waals surface area contributed by atoms with Crippen LogP contribution in [0.5, 0.6) is 0 Å². The Kier molecular flexibility index (Phi) is 4.82. The lowest BCUT2D eigenvalue weighted by Crippen LogP contribution is -2.36. The van der Waals surface area contributed by atoms with Gasteiger partial charge in [-0.15, -0.1) is 0 Å². The second-order valence-corrected chi connectivity index (χ2v) is 5.12. The molecule has 2 fully saturated rings. The van der Waals surface area contributed by atoms with Gasteiger partial charge >= 0.3 is 7.12 Å². The number of hydrogen-bond acceptors (Lipinski definition) is 5. The molecule has 2 saturated heterocycles. The number of fused-ring (bicyclic) bond motifs is 1. The fourth-order valence-electron chi connectivity index (χ4n) is 2.89. The molecule has 0 spiro atoms. The first-order valence-electron chi connectivity index (χ1n) is 6.95. The van der Waals surface area contributed by atoms with E-state index in [1.807, 2.05) is 6.92 Å². The van der Waals surface area contributed by atoms with Crippen molar-refractivity contribution in [2.75, 3.05) is 26.2 Å². The van der Waals surface area contributed by atoms with Crippen molar-refractivity contribution in [2.45, 2.75) is 26.1 Å². The summed E-state index contributed by atoms with van der Waals surface area (Å²) in [6.07, 6.45) is 2.61. The van der Waals surface area contributed by atoms with Gasteiger partial charge in [0.2, 0.25) is 5.91 Å². The number of nitrogens with two attached hydrogens (primary N) is 1. The summed E-state index contributed by atoms with van der Waals surface area (Å²) in [5.41, 5.74) is 5.37. The van der Waals surface area contributed by atoms with Gasteiger partial charge in [0.15, 0.2) is 0 Å². The molecule has 106 valence electrons. The van der Waals surface area contributed by atoms with Crippen LogP contribution in [0.4, 0.5) is 0 Å². The summed E-state index contributed by atoms with van der Waals surface area (Å²) in [5.74, 6) is -0.360. The Hall–Kier alpha value is -1.08. The predicted molar refractivity (Wildman–Crippen MR) is 70.1 cm³/mol. The molecule has 0 bridgehead atoms. The van der Waals surface area contributed by atoms with Gasteiger partial charge in [-0.1, -0.05) is 6.42 Å². The zero-order valence-electron chi connectivity index (χ0n) is 11.3. The first-order valence-corrected chi connectivity index (χ1v) is 6.95. The third kappa shape index (κ3) is 3.28. The number of likely N-dealkylation sites (tertiary alicyclic amines) is 1. The number of amides is 1. The highest BCUT2D eigenvalue weighted by molar-refractivity contribution is 6.46. The zero-order valence-corrected chi connectivity index (χ0v) is 11.3. The summed E-state index contributed by atoms with van der Waals surface area (Å²) >= 11 is 0. The van der Waals surface area contributed by atoms with Gasteiger partial charge in [0.25, 0.3) is 5.97 Å². The number of hydrogen-bond donors (Lipinski definition) is 1. The van der Waals surface area contributed by atoms with Crippen LogP contribution in [0.2, 0.25) is 6.32 Å². The third-order valence-electron chi connectivity index (χ3n) is 3.89. The van der Waals surface area contributed by atoms with Gasteiger partial charge in [0.1, 0.15) is 0 Å². The van der Waals surface area contributed by atoms with Gasteiger partial charge in [0, 0.05) is 19.7 Å². The van der Waals surface area contributed by atoms with Crippen LogP contribution < -0.4 is 5.73 Å². The molecular formula is C12H21BN2O4. The molecule has 2 rings (SSSR count). The molecule has 0 aromatic carbocycles. The second-order valence-electron chi connectivity index (χ2n) is 5.12. The molecule has 1 amide bonds. The van der Waals surface area contributed by atoms with Crippen LogP contribution in [-0.2, 0) is 18.9 Å². The molecule has 0 aliphatic carbocycles. The first-order chi connectivity index (χ1) is 9.15. The van der Waals surface area contributed by atoms with E-state index < -0.39 is 7.12 Å². The maximum atomic E-state index is 12.1. The number of nitrogens with zero attached hydrogens (tertiary/aromatic N) is 1. The third-order valence-corrected chi connectivity index (χ3v) is 3.89. The average molecular weight is 268 g/mol.